The smallest absolute Gasteiger partial charge is 0.262 e. The summed E-state index contributed by atoms with van der Waals surface area (Å²) in [4.78, 5) is 48.9. The van der Waals surface area contributed by atoms with Gasteiger partial charge in [0.2, 0.25) is 11.8 Å². The van der Waals surface area contributed by atoms with Crippen LogP contribution in [0.4, 0.5) is 5.82 Å². The van der Waals surface area contributed by atoms with Gasteiger partial charge in [-0.3, -0.25) is 19.3 Å². The summed E-state index contributed by atoms with van der Waals surface area (Å²) in [5, 5.41) is 2.68. The van der Waals surface area contributed by atoms with Crippen LogP contribution >= 0.6 is 0 Å². The lowest BCUT2D eigenvalue weighted by molar-refractivity contribution is -0.121. The second-order valence-corrected chi connectivity index (χ2v) is 7.60. The average Bonchev–Trinajstić information content (AvgIpc) is 3.02. The van der Waals surface area contributed by atoms with Gasteiger partial charge >= 0.3 is 0 Å². The van der Waals surface area contributed by atoms with Crippen LogP contribution < -0.4 is 15.0 Å². The van der Waals surface area contributed by atoms with Gasteiger partial charge in [-0.15, -0.1) is 0 Å². The number of rotatable bonds is 7. The normalized spacial score (nSPS) is 15.8. The molecule has 9 heteroatoms. The van der Waals surface area contributed by atoms with Crippen LogP contribution in [0.15, 0.2) is 30.3 Å². The molecule has 2 aliphatic heterocycles. The lowest BCUT2D eigenvalue weighted by atomic mass is 10.1. The zero-order valence-electron chi connectivity index (χ0n) is 17.5. The molecule has 9 nitrogen and oxygen atoms in total. The monoisotopic (exact) mass is 423 g/mol. The van der Waals surface area contributed by atoms with E-state index >= 15 is 0 Å². The molecular weight excluding hydrogens is 398 g/mol. The number of imide groups is 1. The van der Waals surface area contributed by atoms with Crippen molar-refractivity contribution in [2.24, 2.45) is 0 Å². The van der Waals surface area contributed by atoms with E-state index < -0.39 is 17.7 Å². The molecule has 3 heterocycles. The van der Waals surface area contributed by atoms with Gasteiger partial charge < -0.3 is 15.0 Å². The Bertz CT molecular complexity index is 968. The van der Waals surface area contributed by atoms with E-state index in [0.29, 0.717) is 22.8 Å². The third-order valence-electron chi connectivity index (χ3n) is 5.34. The fourth-order valence-corrected chi connectivity index (χ4v) is 3.81. The van der Waals surface area contributed by atoms with Gasteiger partial charge in [0.05, 0.1) is 17.7 Å². The van der Waals surface area contributed by atoms with Crippen molar-refractivity contribution in [1.29, 1.82) is 0 Å². The van der Waals surface area contributed by atoms with E-state index in [4.69, 9.17) is 4.74 Å². The Morgan fingerprint density at radius 3 is 2.42 bits per heavy atom. The lowest BCUT2D eigenvalue weighted by Crippen LogP contribution is -2.41. The van der Waals surface area contributed by atoms with Crippen molar-refractivity contribution in [2.75, 3.05) is 37.7 Å². The topological polar surface area (TPSA) is 105 Å². The molecule has 0 atom stereocenters. The van der Waals surface area contributed by atoms with Crippen molar-refractivity contribution in [1.82, 2.24) is 20.2 Å². The Hall–Kier alpha value is -3.49. The highest BCUT2D eigenvalue weighted by Gasteiger charge is 2.36. The Morgan fingerprint density at radius 2 is 1.74 bits per heavy atom. The highest BCUT2D eigenvalue weighted by Crippen LogP contribution is 2.22. The molecule has 4 rings (SSSR count). The number of benzene rings is 1. The fourth-order valence-electron chi connectivity index (χ4n) is 3.81. The van der Waals surface area contributed by atoms with Crippen molar-refractivity contribution in [3.05, 3.63) is 47.3 Å². The molecule has 3 amide bonds. The maximum absolute atomic E-state index is 12.3. The van der Waals surface area contributed by atoms with Crippen LogP contribution in [0.25, 0.3) is 0 Å². The SMILES string of the molecule is Cc1nc(OCCNC(=O)CN2C(=O)c3ccccc3C2=O)cc(N2CCCCC2)n1. The minimum Gasteiger partial charge on any atom is -0.476 e. The number of carbonyl (C=O) groups is 3. The molecule has 0 radical (unpaired) electrons. The van der Waals surface area contributed by atoms with E-state index in [1.165, 1.54) is 6.42 Å². The third-order valence-corrected chi connectivity index (χ3v) is 5.34. The zero-order chi connectivity index (χ0) is 21.8. The predicted molar refractivity (Wildman–Crippen MR) is 113 cm³/mol. The van der Waals surface area contributed by atoms with Gasteiger partial charge in [0.25, 0.3) is 11.8 Å². The first kappa shape index (κ1) is 20.8. The highest BCUT2D eigenvalue weighted by atomic mass is 16.5. The summed E-state index contributed by atoms with van der Waals surface area (Å²) in [6.45, 7) is 3.89. The number of nitrogens with zero attached hydrogens (tertiary/aromatic N) is 4. The van der Waals surface area contributed by atoms with Gasteiger partial charge in [-0.1, -0.05) is 12.1 Å². The molecular formula is C22H25N5O4. The molecule has 0 saturated carbocycles. The molecule has 1 N–H and O–H groups in total. The van der Waals surface area contributed by atoms with Crippen molar-refractivity contribution < 1.29 is 19.1 Å². The first-order chi connectivity index (χ1) is 15.0. The standard InChI is InChI=1S/C22H25N5O4/c1-15-24-18(26-10-5-2-6-11-26)13-20(25-15)31-12-9-23-19(28)14-27-21(29)16-7-3-4-8-17(16)22(27)30/h3-4,7-8,13H,2,5-6,9-12,14H2,1H3,(H,23,28). The summed E-state index contributed by atoms with van der Waals surface area (Å²) in [7, 11) is 0. The first-order valence-electron chi connectivity index (χ1n) is 10.5. The van der Waals surface area contributed by atoms with E-state index in [1.54, 1.807) is 24.3 Å². The number of ether oxygens (including phenoxy) is 1. The summed E-state index contributed by atoms with van der Waals surface area (Å²) < 4.78 is 5.69. The second-order valence-electron chi connectivity index (χ2n) is 7.60. The Balaban J connectivity index is 1.26. The van der Waals surface area contributed by atoms with Crippen LogP contribution in [0.3, 0.4) is 0 Å². The van der Waals surface area contributed by atoms with Gasteiger partial charge in [0, 0.05) is 19.2 Å². The van der Waals surface area contributed by atoms with Gasteiger partial charge in [-0.25, -0.2) is 4.98 Å². The second kappa shape index (κ2) is 9.11. The molecule has 31 heavy (non-hydrogen) atoms. The summed E-state index contributed by atoms with van der Waals surface area (Å²) in [6.07, 6.45) is 3.54. The molecule has 1 aromatic carbocycles. The van der Waals surface area contributed by atoms with Crippen molar-refractivity contribution >= 4 is 23.5 Å². The molecule has 1 fully saturated rings. The van der Waals surface area contributed by atoms with Crippen LogP contribution in [0.5, 0.6) is 5.88 Å². The number of carbonyl (C=O) groups excluding carboxylic acids is 3. The number of aromatic nitrogens is 2. The van der Waals surface area contributed by atoms with Gasteiger partial charge in [-0.2, -0.15) is 4.98 Å². The number of piperidine rings is 1. The minimum absolute atomic E-state index is 0.212. The van der Waals surface area contributed by atoms with Gasteiger partial charge in [0.15, 0.2) is 0 Å². The Kier molecular flexibility index (Phi) is 6.11. The van der Waals surface area contributed by atoms with Crippen molar-refractivity contribution in [3.63, 3.8) is 0 Å². The molecule has 0 aliphatic carbocycles. The summed E-state index contributed by atoms with van der Waals surface area (Å²) in [5.74, 6) is 0.626. The number of anilines is 1. The maximum atomic E-state index is 12.3. The quantitative estimate of drug-likeness (QED) is 0.532. The Morgan fingerprint density at radius 1 is 1.06 bits per heavy atom. The Labute approximate surface area is 180 Å². The molecule has 1 aromatic heterocycles. The van der Waals surface area contributed by atoms with E-state index in [-0.39, 0.29) is 19.7 Å². The number of hydrogen-bond donors (Lipinski definition) is 1. The first-order valence-corrected chi connectivity index (χ1v) is 10.5. The summed E-state index contributed by atoms with van der Waals surface area (Å²) in [6, 6.07) is 8.37. The average molecular weight is 423 g/mol. The molecule has 0 spiro atoms. The summed E-state index contributed by atoms with van der Waals surface area (Å²) >= 11 is 0. The van der Waals surface area contributed by atoms with E-state index in [9.17, 15) is 14.4 Å². The number of hydrogen-bond acceptors (Lipinski definition) is 7. The lowest BCUT2D eigenvalue weighted by Gasteiger charge is -2.28. The highest BCUT2D eigenvalue weighted by molar-refractivity contribution is 6.22. The zero-order valence-corrected chi connectivity index (χ0v) is 17.5. The van der Waals surface area contributed by atoms with Crippen LogP contribution in [0, 0.1) is 6.92 Å². The molecule has 2 aromatic rings. The molecule has 2 aliphatic rings. The van der Waals surface area contributed by atoms with Gasteiger partial charge in [-0.05, 0) is 38.3 Å². The van der Waals surface area contributed by atoms with Gasteiger partial charge in [0.1, 0.15) is 24.8 Å². The number of nitrogens with one attached hydrogen (secondary N) is 1. The number of fused-ring (bicyclic) bond motifs is 1. The molecule has 0 unspecified atom stereocenters. The number of amides is 3. The molecule has 0 bridgehead atoms. The van der Waals surface area contributed by atoms with Crippen molar-refractivity contribution in [3.8, 4) is 5.88 Å². The minimum atomic E-state index is -0.450. The van der Waals surface area contributed by atoms with Crippen LogP contribution in [0.1, 0.15) is 45.8 Å². The van der Waals surface area contributed by atoms with E-state index in [1.807, 2.05) is 13.0 Å². The van der Waals surface area contributed by atoms with Crippen LogP contribution in [-0.4, -0.2) is 65.4 Å². The number of aryl methyl sites for hydroxylation is 1. The van der Waals surface area contributed by atoms with E-state index in [2.05, 4.69) is 20.2 Å². The fraction of sp³-hybridized carbons (Fsp3) is 0.409. The van der Waals surface area contributed by atoms with Crippen LogP contribution in [-0.2, 0) is 4.79 Å². The maximum Gasteiger partial charge on any atom is 0.262 e. The molecule has 1 saturated heterocycles. The predicted octanol–water partition coefficient (Wildman–Crippen LogP) is 1.57. The van der Waals surface area contributed by atoms with Crippen LogP contribution in [0.2, 0.25) is 0 Å². The third kappa shape index (κ3) is 4.65. The molecule has 162 valence electrons. The van der Waals surface area contributed by atoms with Crippen molar-refractivity contribution in [2.45, 2.75) is 26.2 Å². The van der Waals surface area contributed by atoms with E-state index in [0.717, 1.165) is 36.6 Å². The largest absolute Gasteiger partial charge is 0.476 e. The summed E-state index contributed by atoms with van der Waals surface area (Å²) in [5.41, 5.74) is 0.652.